The molecule has 1 fully saturated rings. The van der Waals surface area contributed by atoms with Gasteiger partial charge in [-0.2, -0.15) is 0 Å². The van der Waals surface area contributed by atoms with Crippen LogP contribution >= 0.6 is 0 Å². The van der Waals surface area contributed by atoms with E-state index < -0.39 is 0 Å². The lowest BCUT2D eigenvalue weighted by molar-refractivity contribution is 0.116. The fourth-order valence-corrected chi connectivity index (χ4v) is 2.15. The van der Waals surface area contributed by atoms with E-state index in [1.807, 2.05) is 11.9 Å². The molecule has 4 heteroatoms. The third-order valence-corrected chi connectivity index (χ3v) is 3.11. The molecule has 1 aliphatic rings. The molecule has 2 rings (SSSR count). The Kier molecular flexibility index (Phi) is 3.97. The number of hydrogen-bond donors (Lipinski definition) is 1. The van der Waals surface area contributed by atoms with Gasteiger partial charge in [0.25, 0.3) is 0 Å². The summed E-state index contributed by atoms with van der Waals surface area (Å²) >= 11 is 0. The van der Waals surface area contributed by atoms with E-state index in [0.29, 0.717) is 17.8 Å². The predicted octanol–water partition coefficient (Wildman–Crippen LogP) is 1.93. The van der Waals surface area contributed by atoms with Gasteiger partial charge in [0.15, 0.2) is 0 Å². The fraction of sp³-hybridized carbons (Fsp3) is 0.538. The van der Waals surface area contributed by atoms with E-state index in [1.54, 1.807) is 12.1 Å². The molecule has 94 valence electrons. The van der Waals surface area contributed by atoms with Crippen LogP contribution in [0, 0.1) is 5.82 Å². The van der Waals surface area contributed by atoms with Gasteiger partial charge in [-0.3, -0.25) is 0 Å². The lowest BCUT2D eigenvalue weighted by Crippen LogP contribution is -2.29. The van der Waals surface area contributed by atoms with Gasteiger partial charge in [-0.1, -0.05) is 6.07 Å². The summed E-state index contributed by atoms with van der Waals surface area (Å²) in [6, 6.07) is 4.82. The SMILES string of the molecule is CN(CC1CCCO1)c1ccc(CO)cc1F. The first kappa shape index (κ1) is 12.3. The van der Waals surface area contributed by atoms with Gasteiger partial charge >= 0.3 is 0 Å². The molecular weight excluding hydrogens is 221 g/mol. The fourth-order valence-electron chi connectivity index (χ4n) is 2.15. The van der Waals surface area contributed by atoms with E-state index in [9.17, 15) is 4.39 Å². The molecule has 17 heavy (non-hydrogen) atoms. The van der Waals surface area contributed by atoms with E-state index >= 15 is 0 Å². The summed E-state index contributed by atoms with van der Waals surface area (Å²) in [4.78, 5) is 1.87. The molecule has 0 amide bonds. The highest BCUT2D eigenvalue weighted by Gasteiger charge is 2.18. The van der Waals surface area contributed by atoms with E-state index in [1.165, 1.54) is 6.07 Å². The zero-order valence-corrected chi connectivity index (χ0v) is 10.0. The number of ether oxygens (including phenoxy) is 1. The lowest BCUT2D eigenvalue weighted by atomic mass is 10.1. The maximum atomic E-state index is 13.8. The third-order valence-electron chi connectivity index (χ3n) is 3.11. The Hall–Kier alpha value is -1.13. The van der Waals surface area contributed by atoms with Gasteiger partial charge < -0.3 is 14.7 Å². The molecule has 3 nitrogen and oxygen atoms in total. The van der Waals surface area contributed by atoms with Crippen molar-refractivity contribution in [3.05, 3.63) is 29.6 Å². The Labute approximate surface area is 101 Å². The minimum absolute atomic E-state index is 0.132. The molecular formula is C13H18FNO2. The summed E-state index contributed by atoms with van der Waals surface area (Å²) in [5.41, 5.74) is 1.15. The topological polar surface area (TPSA) is 32.7 Å². The monoisotopic (exact) mass is 239 g/mol. The molecule has 0 spiro atoms. The molecule has 1 aliphatic heterocycles. The van der Waals surface area contributed by atoms with Crippen molar-refractivity contribution in [1.29, 1.82) is 0 Å². The summed E-state index contributed by atoms with van der Waals surface area (Å²) < 4.78 is 19.3. The van der Waals surface area contributed by atoms with Gasteiger partial charge in [0, 0.05) is 20.2 Å². The molecule has 1 heterocycles. The number of likely N-dealkylation sites (N-methyl/N-ethyl adjacent to an activating group) is 1. The number of hydrogen-bond acceptors (Lipinski definition) is 3. The van der Waals surface area contributed by atoms with Crippen molar-refractivity contribution in [1.82, 2.24) is 0 Å². The predicted molar refractivity (Wildman–Crippen MR) is 64.6 cm³/mol. The quantitative estimate of drug-likeness (QED) is 0.871. The molecule has 1 saturated heterocycles. The van der Waals surface area contributed by atoms with Crippen molar-refractivity contribution < 1.29 is 14.2 Å². The minimum atomic E-state index is -0.294. The molecule has 0 bridgehead atoms. The smallest absolute Gasteiger partial charge is 0.146 e. The van der Waals surface area contributed by atoms with Crippen LogP contribution in [-0.4, -0.2) is 31.4 Å². The third kappa shape index (κ3) is 2.96. The second kappa shape index (κ2) is 5.47. The first-order valence-electron chi connectivity index (χ1n) is 5.92. The van der Waals surface area contributed by atoms with Gasteiger partial charge in [0.2, 0.25) is 0 Å². The molecule has 1 atom stereocenters. The summed E-state index contributed by atoms with van der Waals surface area (Å²) in [6.45, 7) is 1.38. The van der Waals surface area contributed by atoms with E-state index in [2.05, 4.69) is 0 Å². The zero-order chi connectivity index (χ0) is 12.3. The highest BCUT2D eigenvalue weighted by molar-refractivity contribution is 5.48. The van der Waals surface area contributed by atoms with Crippen LogP contribution in [0.25, 0.3) is 0 Å². The van der Waals surface area contributed by atoms with E-state index in [0.717, 1.165) is 19.4 Å². The first-order chi connectivity index (χ1) is 8.20. The molecule has 1 unspecified atom stereocenters. The minimum Gasteiger partial charge on any atom is -0.392 e. The largest absolute Gasteiger partial charge is 0.392 e. The van der Waals surface area contributed by atoms with Crippen LogP contribution in [0.5, 0.6) is 0 Å². The molecule has 1 N–H and O–H groups in total. The summed E-state index contributed by atoms with van der Waals surface area (Å²) in [5, 5.41) is 8.92. The Morgan fingerprint density at radius 3 is 2.94 bits per heavy atom. The molecule has 1 aromatic rings. The van der Waals surface area contributed by atoms with Crippen molar-refractivity contribution in [2.75, 3.05) is 25.1 Å². The summed E-state index contributed by atoms with van der Waals surface area (Å²) in [5.74, 6) is -0.294. The Morgan fingerprint density at radius 2 is 2.35 bits per heavy atom. The van der Waals surface area contributed by atoms with Crippen LogP contribution in [0.4, 0.5) is 10.1 Å². The van der Waals surface area contributed by atoms with Gasteiger partial charge in [-0.25, -0.2) is 4.39 Å². The number of aliphatic hydroxyl groups is 1. The molecule has 0 aromatic heterocycles. The highest BCUT2D eigenvalue weighted by atomic mass is 19.1. The molecule has 1 aromatic carbocycles. The number of nitrogens with zero attached hydrogens (tertiary/aromatic N) is 1. The molecule has 0 radical (unpaired) electrons. The highest BCUT2D eigenvalue weighted by Crippen LogP contribution is 2.22. The normalized spacial score (nSPS) is 19.6. The van der Waals surface area contributed by atoms with E-state index in [4.69, 9.17) is 9.84 Å². The van der Waals surface area contributed by atoms with Crippen LogP contribution in [0.3, 0.4) is 0 Å². The number of halogens is 1. The Balaban J connectivity index is 2.04. The van der Waals surface area contributed by atoms with Crippen LogP contribution in [0.2, 0.25) is 0 Å². The van der Waals surface area contributed by atoms with Crippen LogP contribution in [0.15, 0.2) is 18.2 Å². The number of benzene rings is 1. The van der Waals surface area contributed by atoms with Gasteiger partial charge in [-0.05, 0) is 30.5 Å². The van der Waals surface area contributed by atoms with Crippen molar-refractivity contribution >= 4 is 5.69 Å². The number of aliphatic hydroxyl groups excluding tert-OH is 1. The number of rotatable bonds is 4. The van der Waals surface area contributed by atoms with Crippen molar-refractivity contribution in [2.45, 2.75) is 25.6 Å². The average molecular weight is 239 g/mol. The van der Waals surface area contributed by atoms with Gasteiger partial charge in [0.1, 0.15) is 5.82 Å². The zero-order valence-electron chi connectivity index (χ0n) is 10.0. The Morgan fingerprint density at radius 1 is 1.53 bits per heavy atom. The van der Waals surface area contributed by atoms with Crippen LogP contribution < -0.4 is 4.90 Å². The summed E-state index contributed by atoms with van der Waals surface area (Å²) in [6.07, 6.45) is 2.34. The van der Waals surface area contributed by atoms with Crippen molar-refractivity contribution in [3.63, 3.8) is 0 Å². The molecule has 0 saturated carbocycles. The second-order valence-corrected chi connectivity index (χ2v) is 4.46. The Bertz CT molecular complexity index is 378. The number of anilines is 1. The van der Waals surface area contributed by atoms with Crippen LogP contribution in [-0.2, 0) is 11.3 Å². The average Bonchev–Trinajstić information content (AvgIpc) is 2.81. The standard InChI is InChI=1S/C13H18FNO2/c1-15(8-11-3-2-6-17-11)13-5-4-10(9-16)7-12(13)14/h4-5,7,11,16H,2-3,6,8-9H2,1H3. The first-order valence-corrected chi connectivity index (χ1v) is 5.92. The lowest BCUT2D eigenvalue weighted by Gasteiger charge is -2.23. The second-order valence-electron chi connectivity index (χ2n) is 4.46. The maximum absolute atomic E-state index is 13.8. The van der Waals surface area contributed by atoms with Gasteiger partial charge in [0.05, 0.1) is 18.4 Å². The molecule has 0 aliphatic carbocycles. The van der Waals surface area contributed by atoms with Crippen LogP contribution in [0.1, 0.15) is 18.4 Å². The van der Waals surface area contributed by atoms with Gasteiger partial charge in [-0.15, -0.1) is 0 Å². The van der Waals surface area contributed by atoms with Crippen molar-refractivity contribution in [2.24, 2.45) is 0 Å². The maximum Gasteiger partial charge on any atom is 0.146 e. The van der Waals surface area contributed by atoms with E-state index in [-0.39, 0.29) is 18.5 Å². The van der Waals surface area contributed by atoms with Crippen molar-refractivity contribution in [3.8, 4) is 0 Å². The summed E-state index contributed by atoms with van der Waals surface area (Å²) in [7, 11) is 1.86.